The summed E-state index contributed by atoms with van der Waals surface area (Å²) in [7, 11) is 3.46. The first-order chi connectivity index (χ1) is 13.2. The molecule has 7 heteroatoms. The third-order valence-corrected chi connectivity index (χ3v) is 4.25. The zero-order chi connectivity index (χ0) is 19.1. The average molecular weight is 491 g/mol. The summed E-state index contributed by atoms with van der Waals surface area (Å²) in [5, 5.41) is 11.0. The van der Waals surface area contributed by atoms with Crippen LogP contribution in [0.25, 0.3) is 5.69 Å². The Kier molecular flexibility index (Phi) is 8.31. The molecule has 0 radical (unpaired) electrons. The minimum atomic E-state index is 0. The molecule has 0 fully saturated rings. The van der Waals surface area contributed by atoms with Gasteiger partial charge < -0.3 is 15.4 Å². The van der Waals surface area contributed by atoms with Gasteiger partial charge >= 0.3 is 0 Å². The molecular formula is C21H26IN5O. The van der Waals surface area contributed by atoms with E-state index in [9.17, 15) is 0 Å². The fourth-order valence-corrected chi connectivity index (χ4v) is 2.81. The van der Waals surface area contributed by atoms with Gasteiger partial charge in [0.1, 0.15) is 5.75 Å². The topological polar surface area (TPSA) is 63.5 Å². The lowest BCUT2D eigenvalue weighted by molar-refractivity contribution is 0.408. The van der Waals surface area contributed by atoms with Crippen LogP contribution in [-0.4, -0.2) is 29.9 Å². The third kappa shape index (κ3) is 5.72. The van der Waals surface area contributed by atoms with E-state index in [1.165, 1.54) is 5.56 Å². The van der Waals surface area contributed by atoms with Crippen LogP contribution >= 0.6 is 24.0 Å². The van der Waals surface area contributed by atoms with Crippen LogP contribution < -0.4 is 15.4 Å². The highest BCUT2D eigenvalue weighted by Gasteiger charge is 2.05. The monoisotopic (exact) mass is 491 g/mol. The maximum Gasteiger partial charge on any atom is 0.191 e. The predicted octanol–water partition coefficient (Wildman–Crippen LogP) is 3.67. The number of halogens is 1. The SMILES string of the molecule is CN=C(NCc1cccc(-n2cccn2)c1)NCc1ccc(C)cc1OC.I. The minimum absolute atomic E-state index is 0. The molecule has 0 amide bonds. The van der Waals surface area contributed by atoms with Gasteiger partial charge in [0, 0.05) is 38.1 Å². The fraction of sp³-hybridized carbons (Fsp3) is 0.238. The lowest BCUT2D eigenvalue weighted by Crippen LogP contribution is -2.36. The van der Waals surface area contributed by atoms with Gasteiger partial charge in [0.15, 0.2) is 5.96 Å². The van der Waals surface area contributed by atoms with E-state index in [0.717, 1.165) is 28.5 Å². The smallest absolute Gasteiger partial charge is 0.191 e. The summed E-state index contributed by atoms with van der Waals surface area (Å²) >= 11 is 0. The van der Waals surface area contributed by atoms with Crippen LogP contribution in [-0.2, 0) is 13.1 Å². The summed E-state index contributed by atoms with van der Waals surface area (Å²) in [6, 6.07) is 16.4. The second kappa shape index (κ2) is 10.7. The molecular weight excluding hydrogens is 465 g/mol. The van der Waals surface area contributed by atoms with Crippen molar-refractivity contribution in [2.24, 2.45) is 4.99 Å². The van der Waals surface area contributed by atoms with Crippen LogP contribution in [0, 0.1) is 6.92 Å². The zero-order valence-electron chi connectivity index (χ0n) is 16.3. The molecule has 2 N–H and O–H groups in total. The van der Waals surface area contributed by atoms with Gasteiger partial charge in [0.25, 0.3) is 0 Å². The minimum Gasteiger partial charge on any atom is -0.496 e. The number of rotatable bonds is 6. The zero-order valence-corrected chi connectivity index (χ0v) is 18.7. The van der Waals surface area contributed by atoms with Gasteiger partial charge in [-0.15, -0.1) is 24.0 Å². The van der Waals surface area contributed by atoms with Gasteiger partial charge in [0.05, 0.1) is 12.8 Å². The number of ether oxygens (including phenoxy) is 1. The Morgan fingerprint density at radius 3 is 2.64 bits per heavy atom. The molecule has 0 aliphatic rings. The lowest BCUT2D eigenvalue weighted by Gasteiger charge is -2.14. The van der Waals surface area contributed by atoms with Crippen molar-refractivity contribution in [1.82, 2.24) is 20.4 Å². The van der Waals surface area contributed by atoms with Gasteiger partial charge in [-0.25, -0.2) is 4.68 Å². The Morgan fingerprint density at radius 2 is 1.93 bits per heavy atom. The van der Waals surface area contributed by atoms with Crippen molar-refractivity contribution in [2.75, 3.05) is 14.2 Å². The number of aromatic nitrogens is 2. The number of aliphatic imine (C=N–C) groups is 1. The van der Waals surface area contributed by atoms with Gasteiger partial charge in [-0.05, 0) is 42.3 Å². The van der Waals surface area contributed by atoms with Gasteiger partial charge in [-0.3, -0.25) is 4.99 Å². The van der Waals surface area contributed by atoms with E-state index in [1.54, 1.807) is 20.4 Å². The molecule has 3 rings (SSSR count). The Hall–Kier alpha value is -2.55. The molecule has 0 unspecified atom stereocenters. The molecule has 0 aliphatic heterocycles. The molecule has 0 bridgehead atoms. The first kappa shape index (κ1) is 21.7. The lowest BCUT2D eigenvalue weighted by atomic mass is 10.1. The molecule has 0 saturated carbocycles. The van der Waals surface area contributed by atoms with E-state index in [-0.39, 0.29) is 24.0 Å². The standard InChI is InChI=1S/C21H25N5O.HI/c1-16-8-9-18(20(12-16)27-3)15-24-21(22-2)23-14-17-6-4-7-19(13-17)26-11-5-10-25-26;/h4-13H,14-15H2,1-3H3,(H2,22,23,24);1H. The number of nitrogens with zero attached hydrogens (tertiary/aromatic N) is 3. The van der Waals surface area contributed by atoms with Crippen LogP contribution in [0.3, 0.4) is 0 Å². The van der Waals surface area contributed by atoms with Gasteiger partial charge in [-0.1, -0.05) is 24.3 Å². The highest BCUT2D eigenvalue weighted by atomic mass is 127. The van der Waals surface area contributed by atoms with Crippen LogP contribution in [0.5, 0.6) is 5.75 Å². The highest BCUT2D eigenvalue weighted by Crippen LogP contribution is 2.19. The molecule has 28 heavy (non-hydrogen) atoms. The van der Waals surface area contributed by atoms with Gasteiger partial charge in [0.2, 0.25) is 0 Å². The van der Waals surface area contributed by atoms with Crippen LogP contribution in [0.2, 0.25) is 0 Å². The number of aryl methyl sites for hydroxylation is 1. The van der Waals surface area contributed by atoms with E-state index >= 15 is 0 Å². The number of hydrogen-bond donors (Lipinski definition) is 2. The molecule has 0 aliphatic carbocycles. The molecule has 0 spiro atoms. The van der Waals surface area contributed by atoms with Crippen LogP contribution in [0.4, 0.5) is 0 Å². The first-order valence-corrected chi connectivity index (χ1v) is 8.86. The average Bonchev–Trinajstić information content (AvgIpc) is 3.24. The molecule has 3 aromatic rings. The van der Waals surface area contributed by atoms with E-state index < -0.39 is 0 Å². The number of guanidine groups is 1. The molecule has 1 heterocycles. The van der Waals surface area contributed by atoms with Crippen molar-refractivity contribution in [3.8, 4) is 11.4 Å². The molecule has 148 valence electrons. The Morgan fingerprint density at radius 1 is 1.11 bits per heavy atom. The quantitative estimate of drug-likeness (QED) is 0.314. The van der Waals surface area contributed by atoms with Crippen molar-refractivity contribution in [3.05, 3.63) is 77.6 Å². The fourth-order valence-electron chi connectivity index (χ4n) is 2.81. The van der Waals surface area contributed by atoms with Crippen molar-refractivity contribution < 1.29 is 4.74 Å². The molecule has 0 saturated heterocycles. The Balaban J connectivity index is 0.00000280. The maximum absolute atomic E-state index is 5.46. The second-order valence-electron chi connectivity index (χ2n) is 6.22. The van der Waals surface area contributed by atoms with Gasteiger partial charge in [-0.2, -0.15) is 5.10 Å². The summed E-state index contributed by atoms with van der Waals surface area (Å²) in [5.74, 6) is 1.62. The summed E-state index contributed by atoms with van der Waals surface area (Å²) in [5.41, 5.74) is 4.45. The van der Waals surface area contributed by atoms with E-state index in [2.05, 4.69) is 51.9 Å². The van der Waals surface area contributed by atoms with Crippen LogP contribution in [0.1, 0.15) is 16.7 Å². The molecule has 6 nitrogen and oxygen atoms in total. The Bertz CT molecular complexity index is 909. The number of nitrogens with one attached hydrogen (secondary N) is 2. The third-order valence-electron chi connectivity index (χ3n) is 4.25. The Labute approximate surface area is 183 Å². The summed E-state index contributed by atoms with van der Waals surface area (Å²) < 4.78 is 7.31. The number of hydrogen-bond acceptors (Lipinski definition) is 3. The predicted molar refractivity (Wildman–Crippen MR) is 124 cm³/mol. The largest absolute Gasteiger partial charge is 0.496 e. The summed E-state index contributed by atoms with van der Waals surface area (Å²) in [6.45, 7) is 3.36. The van der Waals surface area contributed by atoms with E-state index in [4.69, 9.17) is 4.74 Å². The first-order valence-electron chi connectivity index (χ1n) is 8.86. The summed E-state index contributed by atoms with van der Waals surface area (Å²) in [4.78, 5) is 4.30. The maximum atomic E-state index is 5.46. The normalized spacial score (nSPS) is 10.9. The van der Waals surface area contributed by atoms with Crippen molar-refractivity contribution >= 4 is 29.9 Å². The molecule has 0 atom stereocenters. The van der Waals surface area contributed by atoms with Crippen molar-refractivity contribution in [3.63, 3.8) is 0 Å². The number of methoxy groups -OCH3 is 1. The number of benzene rings is 2. The molecule has 1 aromatic heterocycles. The van der Waals surface area contributed by atoms with Crippen molar-refractivity contribution in [2.45, 2.75) is 20.0 Å². The van der Waals surface area contributed by atoms with Crippen molar-refractivity contribution in [1.29, 1.82) is 0 Å². The highest BCUT2D eigenvalue weighted by molar-refractivity contribution is 14.0. The van der Waals surface area contributed by atoms with E-state index in [1.807, 2.05) is 35.1 Å². The van der Waals surface area contributed by atoms with E-state index in [0.29, 0.717) is 13.1 Å². The summed E-state index contributed by atoms with van der Waals surface area (Å²) in [6.07, 6.45) is 3.71. The molecule has 2 aromatic carbocycles. The van der Waals surface area contributed by atoms with Crippen LogP contribution in [0.15, 0.2) is 65.9 Å². The second-order valence-corrected chi connectivity index (χ2v) is 6.22.